The summed E-state index contributed by atoms with van der Waals surface area (Å²) < 4.78 is 0. The molecule has 1 aromatic carbocycles. The third-order valence-corrected chi connectivity index (χ3v) is 3.93. The molecule has 0 spiro atoms. The predicted molar refractivity (Wildman–Crippen MR) is 82.2 cm³/mol. The Kier molecular flexibility index (Phi) is 3.39. The van der Waals surface area contributed by atoms with Gasteiger partial charge in [0.1, 0.15) is 11.6 Å². The van der Waals surface area contributed by atoms with Crippen LogP contribution in [-0.2, 0) is 5.75 Å². The van der Waals surface area contributed by atoms with Gasteiger partial charge >= 0.3 is 0 Å². The fraction of sp³-hybridized carbons (Fsp3) is 0.0714. The number of para-hydroxylation sites is 1. The van der Waals surface area contributed by atoms with Gasteiger partial charge in [-0.15, -0.1) is 11.8 Å². The van der Waals surface area contributed by atoms with E-state index < -0.39 is 0 Å². The van der Waals surface area contributed by atoms with Crippen molar-refractivity contribution in [1.82, 2.24) is 15.0 Å². The van der Waals surface area contributed by atoms with Gasteiger partial charge in [-0.1, -0.05) is 12.1 Å². The van der Waals surface area contributed by atoms with E-state index in [0.29, 0.717) is 23.1 Å². The molecule has 0 atom stereocenters. The zero-order chi connectivity index (χ0) is 13.9. The number of fused-ring (bicyclic) bond motifs is 1. The maximum absolute atomic E-state index is 5.96. The van der Waals surface area contributed by atoms with Crippen LogP contribution in [0.5, 0.6) is 0 Å². The monoisotopic (exact) mass is 283 g/mol. The molecule has 100 valence electrons. The summed E-state index contributed by atoms with van der Waals surface area (Å²) in [6, 6.07) is 9.59. The second-order valence-corrected chi connectivity index (χ2v) is 5.26. The zero-order valence-electron chi connectivity index (χ0n) is 10.7. The Balaban J connectivity index is 1.86. The molecule has 0 aliphatic rings. The Morgan fingerprint density at radius 2 is 1.90 bits per heavy atom. The van der Waals surface area contributed by atoms with Crippen LogP contribution in [0.15, 0.2) is 47.6 Å². The highest BCUT2D eigenvalue weighted by Gasteiger charge is 2.06. The highest BCUT2D eigenvalue weighted by Crippen LogP contribution is 2.27. The van der Waals surface area contributed by atoms with E-state index in [-0.39, 0.29) is 0 Å². The number of benzene rings is 1. The van der Waals surface area contributed by atoms with Crippen molar-refractivity contribution in [2.75, 3.05) is 11.5 Å². The molecular weight excluding hydrogens is 270 g/mol. The molecule has 0 fully saturated rings. The van der Waals surface area contributed by atoms with Crippen LogP contribution in [0.4, 0.5) is 11.5 Å². The van der Waals surface area contributed by atoms with E-state index in [4.69, 9.17) is 11.5 Å². The van der Waals surface area contributed by atoms with Crippen molar-refractivity contribution in [3.63, 3.8) is 0 Å². The molecule has 0 radical (unpaired) electrons. The first-order valence-corrected chi connectivity index (χ1v) is 7.06. The van der Waals surface area contributed by atoms with Gasteiger partial charge in [-0.25, -0.2) is 9.97 Å². The molecule has 0 unspecified atom stereocenters. The molecule has 6 heteroatoms. The van der Waals surface area contributed by atoms with Crippen molar-refractivity contribution in [3.05, 3.63) is 48.5 Å². The molecule has 5 nitrogen and oxygen atoms in total. The van der Waals surface area contributed by atoms with Crippen LogP contribution in [0.2, 0.25) is 0 Å². The summed E-state index contributed by atoms with van der Waals surface area (Å²) in [7, 11) is 0. The second-order valence-electron chi connectivity index (χ2n) is 4.24. The number of aromatic nitrogens is 3. The SMILES string of the molecule is Nc1cnccc1SCc1nc(N)c2ccccc2n1. The average Bonchev–Trinajstić information content (AvgIpc) is 2.46. The van der Waals surface area contributed by atoms with Crippen molar-refractivity contribution in [2.45, 2.75) is 10.6 Å². The van der Waals surface area contributed by atoms with E-state index in [9.17, 15) is 0 Å². The lowest BCUT2D eigenvalue weighted by Gasteiger charge is -2.06. The number of anilines is 2. The zero-order valence-corrected chi connectivity index (χ0v) is 11.5. The number of thioether (sulfide) groups is 1. The van der Waals surface area contributed by atoms with Gasteiger partial charge in [0.25, 0.3) is 0 Å². The van der Waals surface area contributed by atoms with Gasteiger partial charge in [-0.2, -0.15) is 0 Å². The molecule has 0 saturated heterocycles. The van der Waals surface area contributed by atoms with Gasteiger partial charge in [0.2, 0.25) is 0 Å². The molecule has 0 bridgehead atoms. The Morgan fingerprint density at radius 3 is 2.75 bits per heavy atom. The van der Waals surface area contributed by atoms with Crippen molar-refractivity contribution in [3.8, 4) is 0 Å². The topological polar surface area (TPSA) is 90.7 Å². The third kappa shape index (κ3) is 2.50. The van der Waals surface area contributed by atoms with E-state index in [0.717, 1.165) is 15.8 Å². The molecule has 0 aliphatic carbocycles. The Hall–Kier alpha value is -2.34. The maximum atomic E-state index is 5.96. The predicted octanol–water partition coefficient (Wildman–Crippen LogP) is 2.48. The van der Waals surface area contributed by atoms with Crippen molar-refractivity contribution in [2.24, 2.45) is 0 Å². The summed E-state index contributed by atoms with van der Waals surface area (Å²) in [5.41, 5.74) is 13.3. The smallest absolute Gasteiger partial charge is 0.141 e. The summed E-state index contributed by atoms with van der Waals surface area (Å²) >= 11 is 1.57. The molecule has 20 heavy (non-hydrogen) atoms. The van der Waals surface area contributed by atoms with Crippen LogP contribution in [0.1, 0.15) is 5.82 Å². The highest BCUT2D eigenvalue weighted by molar-refractivity contribution is 7.98. The minimum absolute atomic E-state index is 0.508. The minimum Gasteiger partial charge on any atom is -0.397 e. The summed E-state index contributed by atoms with van der Waals surface area (Å²) in [5, 5.41) is 0.879. The molecule has 2 heterocycles. The van der Waals surface area contributed by atoms with Crippen LogP contribution in [0.3, 0.4) is 0 Å². The van der Waals surface area contributed by atoms with E-state index in [1.165, 1.54) is 0 Å². The molecule has 3 aromatic rings. The lowest BCUT2D eigenvalue weighted by Crippen LogP contribution is -2.00. The van der Waals surface area contributed by atoms with Gasteiger partial charge in [-0.3, -0.25) is 4.98 Å². The Bertz CT molecular complexity index is 759. The minimum atomic E-state index is 0.508. The van der Waals surface area contributed by atoms with Gasteiger partial charge in [0.15, 0.2) is 0 Å². The van der Waals surface area contributed by atoms with Gasteiger partial charge in [0.05, 0.1) is 23.2 Å². The van der Waals surface area contributed by atoms with E-state index in [1.807, 2.05) is 30.3 Å². The molecule has 0 amide bonds. The summed E-state index contributed by atoms with van der Waals surface area (Å²) in [6.07, 6.45) is 3.35. The van der Waals surface area contributed by atoms with Gasteiger partial charge in [-0.05, 0) is 18.2 Å². The first-order chi connectivity index (χ1) is 9.74. The van der Waals surface area contributed by atoms with E-state index in [2.05, 4.69) is 15.0 Å². The average molecular weight is 283 g/mol. The van der Waals surface area contributed by atoms with Crippen molar-refractivity contribution < 1.29 is 0 Å². The molecule has 0 saturated carbocycles. The number of nitrogens with two attached hydrogens (primary N) is 2. The highest BCUT2D eigenvalue weighted by atomic mass is 32.2. The van der Waals surface area contributed by atoms with Crippen LogP contribution >= 0.6 is 11.8 Å². The van der Waals surface area contributed by atoms with E-state index in [1.54, 1.807) is 24.2 Å². The normalized spacial score (nSPS) is 10.8. The van der Waals surface area contributed by atoms with Crippen LogP contribution in [0, 0.1) is 0 Å². The molecular formula is C14H13N5S. The van der Waals surface area contributed by atoms with E-state index >= 15 is 0 Å². The maximum Gasteiger partial charge on any atom is 0.141 e. The summed E-state index contributed by atoms with van der Waals surface area (Å²) in [6.45, 7) is 0. The lowest BCUT2D eigenvalue weighted by atomic mass is 10.2. The number of hydrogen-bond donors (Lipinski definition) is 2. The molecule has 2 aromatic heterocycles. The number of nitrogens with zero attached hydrogens (tertiary/aromatic N) is 3. The third-order valence-electron chi connectivity index (χ3n) is 2.85. The van der Waals surface area contributed by atoms with Gasteiger partial charge < -0.3 is 11.5 Å². The molecule has 3 rings (SSSR count). The van der Waals surface area contributed by atoms with Crippen molar-refractivity contribution >= 4 is 34.2 Å². The summed E-state index contributed by atoms with van der Waals surface area (Å²) in [4.78, 5) is 13.8. The Morgan fingerprint density at radius 1 is 1.05 bits per heavy atom. The quantitative estimate of drug-likeness (QED) is 0.718. The van der Waals surface area contributed by atoms with Crippen LogP contribution < -0.4 is 11.5 Å². The number of hydrogen-bond acceptors (Lipinski definition) is 6. The van der Waals surface area contributed by atoms with Crippen LogP contribution in [0.25, 0.3) is 10.9 Å². The largest absolute Gasteiger partial charge is 0.397 e. The Labute approximate surface area is 120 Å². The first-order valence-electron chi connectivity index (χ1n) is 6.07. The van der Waals surface area contributed by atoms with Crippen molar-refractivity contribution in [1.29, 1.82) is 0 Å². The molecule has 0 aliphatic heterocycles. The first kappa shape index (κ1) is 12.7. The fourth-order valence-corrected chi connectivity index (χ4v) is 2.67. The molecule has 4 N–H and O–H groups in total. The second kappa shape index (κ2) is 5.34. The van der Waals surface area contributed by atoms with Gasteiger partial charge in [0, 0.05) is 16.5 Å². The number of pyridine rings is 1. The number of rotatable bonds is 3. The number of nitrogen functional groups attached to an aromatic ring is 2. The summed E-state index contributed by atoms with van der Waals surface area (Å²) in [5.74, 6) is 1.82. The van der Waals surface area contributed by atoms with Crippen LogP contribution in [-0.4, -0.2) is 15.0 Å². The standard InChI is InChI=1S/C14H13N5S/c15-10-7-17-6-5-12(10)20-8-13-18-11-4-2-1-3-9(11)14(16)19-13/h1-7H,8,15H2,(H2,16,18,19). The lowest BCUT2D eigenvalue weighted by molar-refractivity contribution is 1.07. The fourth-order valence-electron chi connectivity index (χ4n) is 1.88.